The molecule has 2 aromatic rings. The van der Waals surface area contributed by atoms with Crippen LogP contribution >= 0.6 is 11.3 Å². The van der Waals surface area contributed by atoms with Gasteiger partial charge in [0.2, 0.25) is 0 Å². The molecule has 2 atom stereocenters. The smallest absolute Gasteiger partial charge is 0.253 e. The Bertz CT molecular complexity index is 674. The van der Waals surface area contributed by atoms with Gasteiger partial charge in [-0.25, -0.2) is 0 Å². The number of nitrogens with zero attached hydrogens (tertiary/aromatic N) is 3. The fourth-order valence-corrected chi connectivity index (χ4v) is 4.87. The van der Waals surface area contributed by atoms with Crippen molar-refractivity contribution in [2.45, 2.75) is 50.4 Å². The van der Waals surface area contributed by atoms with E-state index in [-0.39, 0.29) is 5.91 Å². The highest BCUT2D eigenvalue weighted by Crippen LogP contribution is 2.38. The molecule has 1 aromatic heterocycles. The largest absolute Gasteiger partial charge is 0.339 e. The van der Waals surface area contributed by atoms with Crippen molar-refractivity contribution in [1.82, 2.24) is 14.8 Å². The van der Waals surface area contributed by atoms with E-state index >= 15 is 0 Å². The summed E-state index contributed by atoms with van der Waals surface area (Å²) in [4.78, 5) is 22.9. The third kappa shape index (κ3) is 2.98. The Balaban J connectivity index is 1.44. The van der Waals surface area contributed by atoms with E-state index in [4.69, 9.17) is 0 Å². The van der Waals surface area contributed by atoms with Crippen molar-refractivity contribution in [2.75, 3.05) is 7.05 Å². The first-order valence-electron chi connectivity index (χ1n) is 8.67. The lowest BCUT2D eigenvalue weighted by Crippen LogP contribution is -2.50. The lowest BCUT2D eigenvalue weighted by atomic mass is 9.95. The predicted molar refractivity (Wildman–Crippen MR) is 96.0 cm³/mol. The molecule has 0 spiro atoms. The summed E-state index contributed by atoms with van der Waals surface area (Å²) in [5.41, 5.74) is 2.70. The first kappa shape index (κ1) is 15.8. The number of aromatic nitrogens is 1. The zero-order valence-corrected chi connectivity index (χ0v) is 14.8. The Morgan fingerprint density at radius 2 is 1.96 bits per heavy atom. The molecule has 2 bridgehead atoms. The van der Waals surface area contributed by atoms with E-state index in [9.17, 15) is 4.79 Å². The maximum atomic E-state index is 12.7. The van der Waals surface area contributed by atoms with Gasteiger partial charge in [0.1, 0.15) is 0 Å². The van der Waals surface area contributed by atoms with Gasteiger partial charge in [-0.05, 0) is 37.8 Å². The quantitative estimate of drug-likeness (QED) is 0.855. The molecule has 4 rings (SSSR count). The van der Waals surface area contributed by atoms with E-state index in [0.717, 1.165) is 24.9 Å². The molecule has 24 heavy (non-hydrogen) atoms. The number of piperidine rings is 1. The molecule has 0 radical (unpaired) electrons. The molecule has 0 aliphatic carbocycles. The normalized spacial score (nSPS) is 26.5. The number of hydrogen-bond donors (Lipinski definition) is 0. The average Bonchev–Trinajstić information content (AvgIpc) is 3.20. The number of amides is 1. The van der Waals surface area contributed by atoms with Crippen molar-refractivity contribution in [3.05, 3.63) is 52.5 Å². The van der Waals surface area contributed by atoms with Gasteiger partial charge in [0.25, 0.3) is 5.91 Å². The number of thiazole rings is 1. The molecular weight excluding hydrogens is 318 g/mol. The molecule has 5 heteroatoms. The van der Waals surface area contributed by atoms with Crippen molar-refractivity contribution in [1.29, 1.82) is 0 Å². The van der Waals surface area contributed by atoms with Crippen LogP contribution in [0.25, 0.3) is 0 Å². The number of hydrogen-bond acceptors (Lipinski definition) is 4. The lowest BCUT2D eigenvalue weighted by molar-refractivity contribution is 0.0480. The van der Waals surface area contributed by atoms with Crippen molar-refractivity contribution in [3.63, 3.8) is 0 Å². The van der Waals surface area contributed by atoms with Gasteiger partial charge in [-0.3, -0.25) is 14.7 Å². The Morgan fingerprint density at radius 1 is 1.25 bits per heavy atom. The molecule has 2 aliphatic rings. The molecule has 1 amide bonds. The zero-order valence-electron chi connectivity index (χ0n) is 14.0. The molecular formula is C19H23N3OS. The van der Waals surface area contributed by atoms with Gasteiger partial charge in [-0.2, -0.15) is 0 Å². The van der Waals surface area contributed by atoms with Gasteiger partial charge in [0, 0.05) is 48.4 Å². The summed E-state index contributed by atoms with van der Waals surface area (Å²) in [6.45, 7) is 1.02. The lowest BCUT2D eigenvalue weighted by Gasteiger charge is -2.42. The number of carbonyl (C=O) groups is 1. The SMILES string of the molecule is CN(C(=O)c1ccccc1)C1CC2CCC(C1)N2Cc1cncs1. The fraction of sp³-hybridized carbons (Fsp3) is 0.474. The first-order chi connectivity index (χ1) is 11.7. The number of rotatable bonds is 4. The predicted octanol–water partition coefficient (Wildman–Crippen LogP) is 3.41. The molecule has 0 saturated carbocycles. The van der Waals surface area contributed by atoms with Gasteiger partial charge in [0.15, 0.2) is 0 Å². The summed E-state index contributed by atoms with van der Waals surface area (Å²) >= 11 is 1.74. The minimum absolute atomic E-state index is 0.149. The summed E-state index contributed by atoms with van der Waals surface area (Å²) in [5, 5.41) is 0. The van der Waals surface area contributed by atoms with Crippen LogP contribution in [0.15, 0.2) is 42.0 Å². The van der Waals surface area contributed by atoms with Crippen LogP contribution in [0, 0.1) is 0 Å². The molecule has 126 valence electrons. The summed E-state index contributed by atoms with van der Waals surface area (Å²) in [5.74, 6) is 0.149. The summed E-state index contributed by atoms with van der Waals surface area (Å²) in [7, 11) is 1.97. The average molecular weight is 341 g/mol. The molecule has 3 heterocycles. The highest BCUT2D eigenvalue weighted by Gasteiger charge is 2.42. The standard InChI is InChI=1S/C19H23N3OS/c1-21(19(23)14-5-3-2-4-6-14)17-9-15-7-8-16(10-17)22(15)12-18-11-20-13-24-18/h2-6,11,13,15-17H,7-10,12H2,1H3. The second-order valence-corrected chi connectivity index (χ2v) is 7.90. The van der Waals surface area contributed by atoms with E-state index < -0.39 is 0 Å². The number of fused-ring (bicyclic) bond motifs is 2. The van der Waals surface area contributed by atoms with Gasteiger partial charge in [-0.15, -0.1) is 11.3 Å². The maximum Gasteiger partial charge on any atom is 0.253 e. The maximum absolute atomic E-state index is 12.7. The van der Waals surface area contributed by atoms with Crippen LogP contribution in [0.3, 0.4) is 0 Å². The van der Waals surface area contributed by atoms with Crippen LogP contribution in [0.1, 0.15) is 40.9 Å². The highest BCUT2D eigenvalue weighted by atomic mass is 32.1. The Morgan fingerprint density at radius 3 is 2.58 bits per heavy atom. The third-order valence-electron chi connectivity index (χ3n) is 5.57. The van der Waals surface area contributed by atoms with Gasteiger partial charge in [0.05, 0.1) is 5.51 Å². The second-order valence-electron chi connectivity index (χ2n) is 6.93. The van der Waals surface area contributed by atoms with Crippen LogP contribution in [-0.2, 0) is 6.54 Å². The molecule has 1 aromatic carbocycles. The molecule has 2 fully saturated rings. The summed E-state index contributed by atoms with van der Waals surface area (Å²) in [6.07, 6.45) is 6.68. The molecule has 2 aliphatic heterocycles. The topological polar surface area (TPSA) is 36.4 Å². The van der Waals surface area contributed by atoms with Crippen LogP contribution in [-0.4, -0.2) is 45.9 Å². The van der Waals surface area contributed by atoms with Crippen LogP contribution in [0.5, 0.6) is 0 Å². The number of benzene rings is 1. The van der Waals surface area contributed by atoms with Crippen molar-refractivity contribution in [3.8, 4) is 0 Å². The minimum Gasteiger partial charge on any atom is -0.339 e. The van der Waals surface area contributed by atoms with E-state index in [0.29, 0.717) is 18.1 Å². The Kier molecular flexibility index (Phi) is 4.37. The van der Waals surface area contributed by atoms with Crippen LogP contribution in [0.4, 0.5) is 0 Å². The minimum atomic E-state index is 0.149. The molecule has 4 nitrogen and oxygen atoms in total. The van der Waals surface area contributed by atoms with Gasteiger partial charge < -0.3 is 4.90 Å². The van der Waals surface area contributed by atoms with Crippen LogP contribution < -0.4 is 0 Å². The highest BCUT2D eigenvalue weighted by molar-refractivity contribution is 7.09. The summed E-state index contributed by atoms with van der Waals surface area (Å²) < 4.78 is 0. The molecule has 2 saturated heterocycles. The van der Waals surface area contributed by atoms with E-state index in [1.54, 1.807) is 11.3 Å². The Labute approximate surface area is 147 Å². The monoisotopic (exact) mass is 341 g/mol. The third-order valence-corrected chi connectivity index (χ3v) is 6.33. The van der Waals surface area contributed by atoms with E-state index in [2.05, 4.69) is 9.88 Å². The zero-order chi connectivity index (χ0) is 16.5. The van der Waals surface area contributed by atoms with Crippen molar-refractivity contribution >= 4 is 17.2 Å². The van der Waals surface area contributed by atoms with Crippen LogP contribution in [0.2, 0.25) is 0 Å². The van der Waals surface area contributed by atoms with Crippen molar-refractivity contribution < 1.29 is 4.79 Å². The second kappa shape index (κ2) is 6.65. The Hall–Kier alpha value is -1.72. The van der Waals surface area contributed by atoms with Gasteiger partial charge in [-0.1, -0.05) is 18.2 Å². The first-order valence-corrected chi connectivity index (χ1v) is 9.55. The summed E-state index contributed by atoms with van der Waals surface area (Å²) in [6, 6.07) is 11.2. The molecule has 2 unspecified atom stereocenters. The van der Waals surface area contributed by atoms with E-state index in [1.165, 1.54) is 17.7 Å². The fourth-order valence-electron chi connectivity index (χ4n) is 4.27. The number of carbonyl (C=O) groups excluding carboxylic acids is 1. The van der Waals surface area contributed by atoms with Gasteiger partial charge >= 0.3 is 0 Å². The van der Waals surface area contributed by atoms with E-state index in [1.807, 2.05) is 54.0 Å². The molecule has 0 N–H and O–H groups in total. The van der Waals surface area contributed by atoms with Crippen molar-refractivity contribution in [2.24, 2.45) is 0 Å².